The fraction of sp³-hybridized carbons (Fsp3) is 0.105. The average molecular weight is 388 g/mol. The fourth-order valence-corrected chi connectivity index (χ4v) is 2.57. The van der Waals surface area contributed by atoms with Gasteiger partial charge in [0.1, 0.15) is 17.6 Å². The van der Waals surface area contributed by atoms with E-state index in [0.717, 1.165) is 5.56 Å². The molecule has 0 radical (unpaired) electrons. The summed E-state index contributed by atoms with van der Waals surface area (Å²) in [5, 5.41) is 8.25. The van der Waals surface area contributed by atoms with Crippen molar-refractivity contribution in [3.63, 3.8) is 0 Å². The predicted molar refractivity (Wildman–Crippen MR) is 98.7 cm³/mol. The minimum Gasteiger partial charge on any atom is -0.464 e. The minimum absolute atomic E-state index is 0.0143. The third kappa shape index (κ3) is 4.32. The molecule has 0 saturated heterocycles. The van der Waals surface area contributed by atoms with Crippen molar-refractivity contribution in [1.82, 2.24) is 9.78 Å². The molecule has 0 saturated carbocycles. The van der Waals surface area contributed by atoms with Crippen molar-refractivity contribution in [1.29, 1.82) is 0 Å². The van der Waals surface area contributed by atoms with Gasteiger partial charge in [0.25, 0.3) is 0 Å². The Labute approximate surface area is 159 Å². The zero-order valence-corrected chi connectivity index (χ0v) is 15.1. The molecule has 0 amide bonds. The predicted octanol–water partition coefficient (Wildman–Crippen LogP) is 4.00. The second-order valence-electron chi connectivity index (χ2n) is 5.43. The van der Waals surface area contributed by atoms with Crippen molar-refractivity contribution >= 4 is 23.8 Å². The van der Waals surface area contributed by atoms with E-state index in [2.05, 4.69) is 10.3 Å². The Hall–Kier alpha value is -3.19. The number of carbonyl (C=O) groups excluding carboxylic acids is 1. The average Bonchev–Trinajstić information content (AvgIpc) is 3.03. The molecule has 0 bridgehead atoms. The first-order chi connectivity index (χ1) is 13.1. The van der Waals surface area contributed by atoms with Gasteiger partial charge in [-0.2, -0.15) is 5.10 Å². The number of carbonyl (C=O) groups is 1. The van der Waals surface area contributed by atoms with Crippen molar-refractivity contribution in [2.75, 3.05) is 7.11 Å². The van der Waals surface area contributed by atoms with Gasteiger partial charge in [-0.25, -0.2) is 13.9 Å². The van der Waals surface area contributed by atoms with Crippen LogP contribution in [0.4, 0.5) is 4.39 Å². The number of rotatable bonds is 6. The van der Waals surface area contributed by atoms with Gasteiger partial charge in [-0.3, -0.25) is 0 Å². The SMILES string of the molecule is COC(=O)c1nn(-c2ccccc2)c(Cl)c1/C=N\OCc1ccc(F)cc1. The monoisotopic (exact) mass is 387 g/mol. The molecule has 0 aliphatic heterocycles. The fourth-order valence-electron chi connectivity index (χ4n) is 2.29. The number of aromatic nitrogens is 2. The van der Waals surface area contributed by atoms with E-state index in [1.807, 2.05) is 18.2 Å². The summed E-state index contributed by atoms with van der Waals surface area (Å²) in [7, 11) is 1.25. The van der Waals surface area contributed by atoms with E-state index in [4.69, 9.17) is 21.2 Å². The number of methoxy groups -OCH3 is 1. The zero-order chi connectivity index (χ0) is 19.2. The van der Waals surface area contributed by atoms with Gasteiger partial charge < -0.3 is 9.57 Å². The van der Waals surface area contributed by atoms with Gasteiger partial charge in [-0.05, 0) is 29.8 Å². The van der Waals surface area contributed by atoms with Gasteiger partial charge in [-0.1, -0.05) is 47.1 Å². The summed E-state index contributed by atoms with van der Waals surface area (Å²) >= 11 is 6.38. The highest BCUT2D eigenvalue weighted by molar-refractivity contribution is 6.33. The van der Waals surface area contributed by atoms with Gasteiger partial charge in [0.15, 0.2) is 5.69 Å². The van der Waals surface area contributed by atoms with Crippen LogP contribution in [0.1, 0.15) is 21.6 Å². The first-order valence-corrected chi connectivity index (χ1v) is 8.30. The largest absolute Gasteiger partial charge is 0.464 e. The lowest BCUT2D eigenvalue weighted by Crippen LogP contribution is -2.06. The summed E-state index contributed by atoms with van der Waals surface area (Å²) in [4.78, 5) is 17.2. The lowest BCUT2D eigenvalue weighted by Gasteiger charge is -2.02. The smallest absolute Gasteiger partial charge is 0.359 e. The maximum absolute atomic E-state index is 12.9. The van der Waals surface area contributed by atoms with Gasteiger partial charge in [-0.15, -0.1) is 0 Å². The van der Waals surface area contributed by atoms with Crippen LogP contribution in [0.3, 0.4) is 0 Å². The molecule has 1 aromatic heterocycles. The molecule has 0 spiro atoms. The van der Waals surface area contributed by atoms with E-state index in [9.17, 15) is 9.18 Å². The second kappa shape index (κ2) is 8.46. The van der Waals surface area contributed by atoms with Crippen LogP contribution in [0.25, 0.3) is 5.69 Å². The van der Waals surface area contributed by atoms with E-state index in [1.54, 1.807) is 24.3 Å². The minimum atomic E-state index is -0.647. The van der Waals surface area contributed by atoms with Crippen LogP contribution in [-0.4, -0.2) is 29.1 Å². The van der Waals surface area contributed by atoms with Gasteiger partial charge in [0, 0.05) is 0 Å². The van der Waals surface area contributed by atoms with Crippen LogP contribution in [0.5, 0.6) is 0 Å². The number of hydrogen-bond donors (Lipinski definition) is 0. The summed E-state index contributed by atoms with van der Waals surface area (Å²) in [6.07, 6.45) is 1.30. The maximum Gasteiger partial charge on any atom is 0.359 e. The van der Waals surface area contributed by atoms with Crippen molar-refractivity contribution in [3.05, 3.63) is 82.4 Å². The summed E-state index contributed by atoms with van der Waals surface area (Å²) in [6, 6.07) is 14.9. The third-order valence-electron chi connectivity index (χ3n) is 3.64. The van der Waals surface area contributed by atoms with Crippen LogP contribution in [0.15, 0.2) is 59.8 Å². The van der Waals surface area contributed by atoms with Crippen LogP contribution in [0.2, 0.25) is 5.15 Å². The summed E-state index contributed by atoms with van der Waals surface area (Å²) in [5.74, 6) is -0.975. The second-order valence-corrected chi connectivity index (χ2v) is 5.78. The zero-order valence-electron chi connectivity index (χ0n) is 14.3. The lowest BCUT2D eigenvalue weighted by atomic mass is 10.2. The Kier molecular flexibility index (Phi) is 5.83. The Morgan fingerprint density at radius 2 is 1.93 bits per heavy atom. The molecule has 0 N–H and O–H groups in total. The highest BCUT2D eigenvalue weighted by Gasteiger charge is 2.22. The van der Waals surface area contributed by atoms with Crippen molar-refractivity contribution in [2.24, 2.45) is 5.16 Å². The highest BCUT2D eigenvalue weighted by Crippen LogP contribution is 2.23. The highest BCUT2D eigenvalue weighted by atomic mass is 35.5. The molecule has 1 heterocycles. The lowest BCUT2D eigenvalue weighted by molar-refractivity contribution is 0.0593. The van der Waals surface area contributed by atoms with Gasteiger partial charge in [0.05, 0.1) is 24.6 Å². The molecule has 8 heteroatoms. The van der Waals surface area contributed by atoms with Crippen molar-refractivity contribution in [2.45, 2.75) is 6.61 Å². The molecular formula is C19H15ClFN3O3. The summed E-state index contributed by atoms with van der Waals surface area (Å²) in [6.45, 7) is 0.134. The first-order valence-electron chi connectivity index (χ1n) is 7.92. The topological polar surface area (TPSA) is 65.7 Å². The number of hydrogen-bond acceptors (Lipinski definition) is 5. The van der Waals surface area contributed by atoms with Crippen LogP contribution < -0.4 is 0 Å². The molecule has 6 nitrogen and oxygen atoms in total. The number of oxime groups is 1. The number of halogens is 2. The summed E-state index contributed by atoms with van der Waals surface area (Å²) < 4.78 is 19.1. The van der Waals surface area contributed by atoms with Crippen LogP contribution >= 0.6 is 11.6 Å². The normalized spacial score (nSPS) is 10.9. The number of nitrogens with zero attached hydrogens (tertiary/aromatic N) is 3. The standard InChI is InChI=1S/C19H15ClFN3O3/c1-26-19(25)17-16(11-22-27-12-13-7-9-14(21)10-8-13)18(20)24(23-17)15-5-3-2-4-6-15/h2-11H,12H2,1H3/b22-11-. The van der Waals surface area contributed by atoms with E-state index in [-0.39, 0.29) is 28.8 Å². The molecule has 0 unspecified atom stereocenters. The molecule has 3 rings (SSSR count). The van der Waals surface area contributed by atoms with E-state index < -0.39 is 5.97 Å². The van der Waals surface area contributed by atoms with E-state index in [1.165, 1.54) is 30.1 Å². The van der Waals surface area contributed by atoms with Crippen LogP contribution in [0, 0.1) is 5.82 Å². The molecule has 138 valence electrons. The third-order valence-corrected chi connectivity index (χ3v) is 4.01. The molecule has 27 heavy (non-hydrogen) atoms. The Morgan fingerprint density at radius 3 is 2.59 bits per heavy atom. The Bertz CT molecular complexity index is 956. The molecule has 0 atom stereocenters. The molecule has 0 aliphatic carbocycles. The summed E-state index contributed by atoms with van der Waals surface area (Å²) in [5.41, 5.74) is 1.71. The Balaban J connectivity index is 1.83. The molecule has 0 fully saturated rings. The molecule has 2 aromatic carbocycles. The number of ether oxygens (including phenoxy) is 1. The van der Waals surface area contributed by atoms with Gasteiger partial charge in [0.2, 0.25) is 0 Å². The maximum atomic E-state index is 12.9. The number of para-hydroxylation sites is 1. The van der Waals surface area contributed by atoms with E-state index in [0.29, 0.717) is 5.69 Å². The number of benzene rings is 2. The number of esters is 1. The quantitative estimate of drug-likeness (QED) is 0.364. The van der Waals surface area contributed by atoms with Crippen molar-refractivity contribution < 1.29 is 18.8 Å². The Morgan fingerprint density at radius 1 is 1.22 bits per heavy atom. The van der Waals surface area contributed by atoms with Crippen LogP contribution in [-0.2, 0) is 16.2 Å². The van der Waals surface area contributed by atoms with E-state index >= 15 is 0 Å². The molecule has 3 aromatic rings. The molecular weight excluding hydrogens is 373 g/mol. The molecule has 0 aliphatic rings. The van der Waals surface area contributed by atoms with Crippen molar-refractivity contribution in [3.8, 4) is 5.69 Å². The first kappa shape index (κ1) is 18.6. The van der Waals surface area contributed by atoms with Gasteiger partial charge >= 0.3 is 5.97 Å².